The van der Waals surface area contributed by atoms with E-state index in [9.17, 15) is 5.11 Å². The maximum Gasteiger partial charge on any atom is 0.0781 e. The van der Waals surface area contributed by atoms with Gasteiger partial charge in [0.15, 0.2) is 0 Å². The van der Waals surface area contributed by atoms with E-state index in [1.54, 1.807) is 6.08 Å². The van der Waals surface area contributed by atoms with Crippen LogP contribution in [0.4, 0.5) is 0 Å². The van der Waals surface area contributed by atoms with Crippen LogP contribution >= 0.6 is 0 Å². The molecule has 0 aliphatic heterocycles. The average molecular weight is 140 g/mol. The van der Waals surface area contributed by atoms with E-state index in [1.807, 2.05) is 13.0 Å². The highest BCUT2D eigenvalue weighted by atomic mass is 16.3. The first kappa shape index (κ1) is 9.44. The van der Waals surface area contributed by atoms with E-state index in [2.05, 4.69) is 13.5 Å². The number of rotatable bonds is 4. The van der Waals surface area contributed by atoms with Crippen molar-refractivity contribution in [2.75, 3.05) is 0 Å². The fourth-order valence-electron chi connectivity index (χ4n) is 0.802. The van der Waals surface area contributed by atoms with Crippen LogP contribution in [-0.4, -0.2) is 11.2 Å². The van der Waals surface area contributed by atoms with Gasteiger partial charge in [0, 0.05) is 0 Å². The number of hydrogen-bond donors (Lipinski definition) is 1. The Labute approximate surface area is 63.1 Å². The van der Waals surface area contributed by atoms with Crippen molar-refractivity contribution < 1.29 is 5.11 Å². The van der Waals surface area contributed by atoms with E-state index in [4.69, 9.17) is 0 Å². The molecule has 0 spiro atoms. The zero-order valence-electron chi connectivity index (χ0n) is 6.80. The second-order valence-corrected chi connectivity index (χ2v) is 2.40. The molecule has 0 heterocycles. The van der Waals surface area contributed by atoms with Crippen LogP contribution in [0.25, 0.3) is 0 Å². The molecule has 58 valence electrons. The Bertz CT molecular complexity index is 125. The highest BCUT2D eigenvalue weighted by Crippen LogP contribution is 2.06. The lowest BCUT2D eigenvalue weighted by molar-refractivity contribution is 0.214. The molecule has 10 heavy (non-hydrogen) atoms. The third-order valence-corrected chi connectivity index (χ3v) is 1.44. The maximum absolute atomic E-state index is 9.31. The molecule has 0 aromatic carbocycles. The SMILES string of the molecule is C=CCC(O)/C(C)=C/CC. The molecule has 1 unspecified atom stereocenters. The normalized spacial score (nSPS) is 14.9. The summed E-state index contributed by atoms with van der Waals surface area (Å²) in [5.41, 5.74) is 1.04. The molecular formula is C9H16O. The minimum absolute atomic E-state index is 0.322. The Kier molecular flexibility index (Phi) is 4.95. The van der Waals surface area contributed by atoms with Gasteiger partial charge in [-0.1, -0.05) is 19.1 Å². The van der Waals surface area contributed by atoms with E-state index in [-0.39, 0.29) is 6.10 Å². The van der Waals surface area contributed by atoms with Crippen LogP contribution in [-0.2, 0) is 0 Å². The van der Waals surface area contributed by atoms with Gasteiger partial charge in [-0.05, 0) is 25.3 Å². The summed E-state index contributed by atoms with van der Waals surface area (Å²) in [6.07, 6.45) is 5.09. The monoisotopic (exact) mass is 140 g/mol. The van der Waals surface area contributed by atoms with Gasteiger partial charge in [0.25, 0.3) is 0 Å². The zero-order chi connectivity index (χ0) is 7.98. The molecule has 1 atom stereocenters. The first-order valence-corrected chi connectivity index (χ1v) is 3.68. The summed E-state index contributed by atoms with van der Waals surface area (Å²) < 4.78 is 0. The van der Waals surface area contributed by atoms with Crippen molar-refractivity contribution in [1.82, 2.24) is 0 Å². The molecule has 0 radical (unpaired) electrons. The van der Waals surface area contributed by atoms with Crippen LogP contribution in [0.1, 0.15) is 26.7 Å². The van der Waals surface area contributed by atoms with Crippen molar-refractivity contribution in [1.29, 1.82) is 0 Å². The molecule has 1 N–H and O–H groups in total. The predicted molar refractivity (Wildman–Crippen MR) is 44.9 cm³/mol. The van der Waals surface area contributed by atoms with Gasteiger partial charge in [-0.2, -0.15) is 0 Å². The van der Waals surface area contributed by atoms with Gasteiger partial charge >= 0.3 is 0 Å². The Morgan fingerprint density at radius 1 is 1.70 bits per heavy atom. The van der Waals surface area contributed by atoms with Crippen LogP contribution in [0.3, 0.4) is 0 Å². The molecule has 0 fully saturated rings. The highest BCUT2D eigenvalue weighted by Gasteiger charge is 2.01. The van der Waals surface area contributed by atoms with Crippen molar-refractivity contribution >= 4 is 0 Å². The van der Waals surface area contributed by atoms with Gasteiger partial charge in [0.05, 0.1) is 6.10 Å². The molecule has 0 rings (SSSR count). The van der Waals surface area contributed by atoms with E-state index in [1.165, 1.54) is 0 Å². The van der Waals surface area contributed by atoms with Crippen molar-refractivity contribution in [3.05, 3.63) is 24.3 Å². The summed E-state index contributed by atoms with van der Waals surface area (Å²) in [7, 11) is 0. The van der Waals surface area contributed by atoms with Crippen molar-refractivity contribution in [2.24, 2.45) is 0 Å². The van der Waals surface area contributed by atoms with E-state index >= 15 is 0 Å². The maximum atomic E-state index is 9.31. The van der Waals surface area contributed by atoms with Crippen LogP contribution < -0.4 is 0 Å². The van der Waals surface area contributed by atoms with Crippen molar-refractivity contribution in [3.8, 4) is 0 Å². The first-order chi connectivity index (χ1) is 4.72. The standard InChI is InChI=1S/C9H16O/c1-4-6-8(3)9(10)7-5-2/h5-6,9-10H,2,4,7H2,1,3H3/b8-6+. The smallest absolute Gasteiger partial charge is 0.0781 e. The third kappa shape index (κ3) is 3.46. The summed E-state index contributed by atoms with van der Waals surface area (Å²) in [5, 5.41) is 9.31. The van der Waals surface area contributed by atoms with Crippen LogP contribution in [0.15, 0.2) is 24.3 Å². The molecule has 0 aromatic heterocycles. The second kappa shape index (κ2) is 5.24. The summed E-state index contributed by atoms with van der Waals surface area (Å²) in [4.78, 5) is 0. The lowest BCUT2D eigenvalue weighted by Crippen LogP contribution is -2.05. The molecule has 0 aliphatic rings. The summed E-state index contributed by atoms with van der Waals surface area (Å²) in [5.74, 6) is 0. The van der Waals surface area contributed by atoms with Gasteiger partial charge in [0.1, 0.15) is 0 Å². The minimum Gasteiger partial charge on any atom is -0.388 e. The molecule has 0 aliphatic carbocycles. The Morgan fingerprint density at radius 2 is 2.30 bits per heavy atom. The van der Waals surface area contributed by atoms with Crippen LogP contribution in [0.5, 0.6) is 0 Å². The van der Waals surface area contributed by atoms with Crippen molar-refractivity contribution in [2.45, 2.75) is 32.8 Å². The molecular weight excluding hydrogens is 124 g/mol. The lowest BCUT2D eigenvalue weighted by atomic mass is 10.1. The molecule has 1 nitrogen and oxygen atoms in total. The third-order valence-electron chi connectivity index (χ3n) is 1.44. The highest BCUT2D eigenvalue weighted by molar-refractivity contribution is 5.05. The Morgan fingerprint density at radius 3 is 2.70 bits per heavy atom. The molecule has 1 heteroatoms. The predicted octanol–water partition coefficient (Wildman–Crippen LogP) is 2.28. The average Bonchev–Trinajstić information content (AvgIpc) is 1.89. The second-order valence-electron chi connectivity index (χ2n) is 2.40. The zero-order valence-corrected chi connectivity index (χ0v) is 6.80. The molecule has 0 bridgehead atoms. The van der Waals surface area contributed by atoms with E-state index < -0.39 is 0 Å². The number of allylic oxidation sites excluding steroid dienone is 1. The lowest BCUT2D eigenvalue weighted by Gasteiger charge is -2.06. The molecule has 0 saturated heterocycles. The summed E-state index contributed by atoms with van der Waals surface area (Å²) in [6, 6.07) is 0. The molecule has 0 aromatic rings. The van der Waals surface area contributed by atoms with Gasteiger partial charge < -0.3 is 5.11 Å². The van der Waals surface area contributed by atoms with E-state index in [0.29, 0.717) is 6.42 Å². The van der Waals surface area contributed by atoms with E-state index in [0.717, 1.165) is 12.0 Å². The van der Waals surface area contributed by atoms with Gasteiger partial charge in [-0.15, -0.1) is 6.58 Å². The van der Waals surface area contributed by atoms with Crippen LogP contribution in [0.2, 0.25) is 0 Å². The molecule has 0 amide bonds. The van der Waals surface area contributed by atoms with Crippen molar-refractivity contribution in [3.63, 3.8) is 0 Å². The fourth-order valence-corrected chi connectivity index (χ4v) is 0.802. The summed E-state index contributed by atoms with van der Waals surface area (Å²) in [6.45, 7) is 7.56. The summed E-state index contributed by atoms with van der Waals surface area (Å²) >= 11 is 0. The first-order valence-electron chi connectivity index (χ1n) is 3.68. The number of aliphatic hydroxyl groups excluding tert-OH is 1. The fraction of sp³-hybridized carbons (Fsp3) is 0.556. The largest absolute Gasteiger partial charge is 0.388 e. The van der Waals surface area contributed by atoms with Gasteiger partial charge in [-0.3, -0.25) is 0 Å². The number of hydrogen-bond acceptors (Lipinski definition) is 1. The number of aliphatic hydroxyl groups is 1. The van der Waals surface area contributed by atoms with Gasteiger partial charge in [0.2, 0.25) is 0 Å². The Hall–Kier alpha value is -0.560. The molecule has 0 saturated carbocycles. The van der Waals surface area contributed by atoms with Crippen LogP contribution in [0, 0.1) is 0 Å². The quantitative estimate of drug-likeness (QED) is 0.594. The Balaban J connectivity index is 3.79. The topological polar surface area (TPSA) is 20.2 Å². The minimum atomic E-state index is -0.322. The van der Waals surface area contributed by atoms with Gasteiger partial charge in [-0.25, -0.2) is 0 Å².